The number of ether oxygens (including phenoxy) is 1. The molecule has 0 atom stereocenters. The molecule has 2 N–H and O–H groups in total. The van der Waals surface area contributed by atoms with Gasteiger partial charge in [0.2, 0.25) is 5.91 Å². The van der Waals surface area contributed by atoms with E-state index in [2.05, 4.69) is 20.9 Å². The summed E-state index contributed by atoms with van der Waals surface area (Å²) in [4.78, 5) is 23.3. The SMILES string of the molecule is CCOC(=O)Nc1cn(CC(=O)Nc2cc(C)cc(C)c2)nn1. The first-order chi connectivity index (χ1) is 11.0. The van der Waals surface area contributed by atoms with Crippen LogP contribution in [0.25, 0.3) is 0 Å². The van der Waals surface area contributed by atoms with Gasteiger partial charge in [-0.05, 0) is 44.0 Å². The zero-order valence-electron chi connectivity index (χ0n) is 13.3. The number of nitrogens with one attached hydrogen (secondary N) is 2. The molecule has 122 valence electrons. The summed E-state index contributed by atoms with van der Waals surface area (Å²) >= 11 is 0. The van der Waals surface area contributed by atoms with Crippen molar-refractivity contribution in [2.24, 2.45) is 0 Å². The molecular weight excluding hydrogens is 298 g/mol. The molecule has 23 heavy (non-hydrogen) atoms. The van der Waals surface area contributed by atoms with Gasteiger partial charge in [-0.3, -0.25) is 10.1 Å². The van der Waals surface area contributed by atoms with Crippen molar-refractivity contribution in [3.63, 3.8) is 0 Å². The second-order valence-electron chi connectivity index (χ2n) is 5.07. The number of nitrogens with zero attached hydrogens (tertiary/aromatic N) is 3. The minimum absolute atomic E-state index is 0.00943. The minimum Gasteiger partial charge on any atom is -0.450 e. The van der Waals surface area contributed by atoms with Gasteiger partial charge in [-0.25, -0.2) is 9.48 Å². The van der Waals surface area contributed by atoms with Crippen LogP contribution < -0.4 is 10.6 Å². The number of rotatable bonds is 5. The van der Waals surface area contributed by atoms with Gasteiger partial charge < -0.3 is 10.1 Å². The second-order valence-corrected chi connectivity index (χ2v) is 5.07. The number of hydrogen-bond donors (Lipinski definition) is 2. The molecular formula is C15H19N5O3. The van der Waals surface area contributed by atoms with E-state index in [-0.39, 0.29) is 24.9 Å². The maximum Gasteiger partial charge on any atom is 0.412 e. The van der Waals surface area contributed by atoms with Gasteiger partial charge in [0.05, 0.1) is 12.8 Å². The van der Waals surface area contributed by atoms with E-state index in [0.29, 0.717) is 0 Å². The third-order valence-electron chi connectivity index (χ3n) is 2.86. The summed E-state index contributed by atoms with van der Waals surface area (Å²) < 4.78 is 6.06. The van der Waals surface area contributed by atoms with E-state index in [1.807, 2.05) is 32.0 Å². The van der Waals surface area contributed by atoms with Gasteiger partial charge in [0.25, 0.3) is 0 Å². The fourth-order valence-corrected chi connectivity index (χ4v) is 2.10. The highest BCUT2D eigenvalue weighted by Gasteiger charge is 2.09. The van der Waals surface area contributed by atoms with Crippen molar-refractivity contribution < 1.29 is 14.3 Å². The first kappa shape index (κ1) is 16.5. The Labute approximate surface area is 133 Å². The lowest BCUT2D eigenvalue weighted by atomic mass is 10.1. The Balaban J connectivity index is 1.93. The van der Waals surface area contributed by atoms with Crippen LogP contribution in [0.5, 0.6) is 0 Å². The van der Waals surface area contributed by atoms with Crippen molar-refractivity contribution in [2.45, 2.75) is 27.3 Å². The summed E-state index contributed by atoms with van der Waals surface area (Å²) in [6, 6.07) is 5.81. The van der Waals surface area contributed by atoms with Crippen molar-refractivity contribution in [3.8, 4) is 0 Å². The summed E-state index contributed by atoms with van der Waals surface area (Å²) in [6.45, 7) is 5.89. The quantitative estimate of drug-likeness (QED) is 0.880. The Kier molecular flexibility index (Phi) is 5.29. The zero-order valence-corrected chi connectivity index (χ0v) is 13.3. The first-order valence-corrected chi connectivity index (χ1v) is 7.18. The van der Waals surface area contributed by atoms with Crippen LogP contribution in [0.1, 0.15) is 18.1 Å². The van der Waals surface area contributed by atoms with E-state index < -0.39 is 6.09 Å². The van der Waals surface area contributed by atoms with Crippen LogP contribution in [-0.2, 0) is 16.1 Å². The number of carbonyl (C=O) groups is 2. The lowest BCUT2D eigenvalue weighted by Crippen LogP contribution is -2.19. The lowest BCUT2D eigenvalue weighted by molar-refractivity contribution is -0.116. The minimum atomic E-state index is -0.612. The monoisotopic (exact) mass is 317 g/mol. The van der Waals surface area contributed by atoms with Crippen molar-refractivity contribution >= 4 is 23.5 Å². The van der Waals surface area contributed by atoms with Gasteiger partial charge in [-0.2, -0.15) is 0 Å². The van der Waals surface area contributed by atoms with Crippen LogP contribution >= 0.6 is 0 Å². The van der Waals surface area contributed by atoms with Crippen LogP contribution in [0.15, 0.2) is 24.4 Å². The normalized spacial score (nSPS) is 10.2. The maximum atomic E-state index is 12.0. The highest BCUT2D eigenvalue weighted by molar-refractivity contribution is 5.90. The molecule has 0 bridgehead atoms. The van der Waals surface area contributed by atoms with E-state index >= 15 is 0 Å². The van der Waals surface area contributed by atoms with E-state index in [1.165, 1.54) is 10.9 Å². The summed E-state index contributed by atoms with van der Waals surface area (Å²) in [7, 11) is 0. The van der Waals surface area contributed by atoms with Gasteiger partial charge in [0, 0.05) is 5.69 Å². The number of carbonyl (C=O) groups excluding carboxylic acids is 2. The molecule has 0 saturated heterocycles. The molecule has 0 fully saturated rings. The third kappa shape index (κ3) is 5.10. The van der Waals surface area contributed by atoms with Crippen LogP contribution in [0.4, 0.5) is 16.3 Å². The number of aromatic nitrogens is 3. The molecule has 1 aromatic carbocycles. The average Bonchev–Trinajstić information content (AvgIpc) is 2.84. The Morgan fingerprint density at radius 1 is 1.17 bits per heavy atom. The van der Waals surface area contributed by atoms with E-state index in [0.717, 1.165) is 16.8 Å². The zero-order chi connectivity index (χ0) is 16.8. The Bertz CT molecular complexity index is 691. The molecule has 0 radical (unpaired) electrons. The fraction of sp³-hybridized carbons (Fsp3) is 0.333. The van der Waals surface area contributed by atoms with Gasteiger partial charge >= 0.3 is 6.09 Å². The lowest BCUT2D eigenvalue weighted by Gasteiger charge is -2.07. The van der Waals surface area contributed by atoms with E-state index in [4.69, 9.17) is 4.74 Å². The molecule has 1 heterocycles. The summed E-state index contributed by atoms with van der Waals surface area (Å²) in [5, 5.41) is 12.7. The van der Waals surface area contributed by atoms with Crippen molar-refractivity contribution in [1.29, 1.82) is 0 Å². The largest absolute Gasteiger partial charge is 0.450 e. The van der Waals surface area contributed by atoms with Gasteiger partial charge in [-0.15, -0.1) is 5.10 Å². The van der Waals surface area contributed by atoms with Crippen molar-refractivity contribution in [2.75, 3.05) is 17.2 Å². The van der Waals surface area contributed by atoms with Gasteiger partial charge in [0.1, 0.15) is 6.54 Å². The molecule has 8 nitrogen and oxygen atoms in total. The number of amides is 2. The van der Waals surface area contributed by atoms with Crippen LogP contribution in [0.2, 0.25) is 0 Å². The molecule has 8 heteroatoms. The molecule has 2 aromatic rings. The number of hydrogen-bond acceptors (Lipinski definition) is 5. The van der Waals surface area contributed by atoms with Crippen molar-refractivity contribution in [3.05, 3.63) is 35.5 Å². The predicted octanol–water partition coefficient (Wildman–Crippen LogP) is 2.10. The fourth-order valence-electron chi connectivity index (χ4n) is 2.10. The highest BCUT2D eigenvalue weighted by atomic mass is 16.5. The molecule has 0 spiro atoms. The Morgan fingerprint density at radius 3 is 2.52 bits per heavy atom. The number of anilines is 2. The number of benzene rings is 1. The summed E-state index contributed by atoms with van der Waals surface area (Å²) in [6.07, 6.45) is 0.845. The van der Waals surface area contributed by atoms with Gasteiger partial charge in [0.15, 0.2) is 5.82 Å². The maximum absolute atomic E-state index is 12.0. The summed E-state index contributed by atoms with van der Waals surface area (Å²) in [5.41, 5.74) is 2.88. The molecule has 1 aromatic heterocycles. The Hall–Kier alpha value is -2.90. The highest BCUT2D eigenvalue weighted by Crippen LogP contribution is 2.13. The van der Waals surface area contributed by atoms with Gasteiger partial charge in [-0.1, -0.05) is 11.3 Å². The molecule has 0 aliphatic carbocycles. The molecule has 2 rings (SSSR count). The first-order valence-electron chi connectivity index (χ1n) is 7.18. The summed E-state index contributed by atoms with van der Waals surface area (Å²) in [5.74, 6) is -0.00904. The Morgan fingerprint density at radius 2 is 1.87 bits per heavy atom. The standard InChI is InChI=1S/C15H19N5O3/c1-4-23-15(22)17-13-8-20(19-18-13)9-14(21)16-12-6-10(2)5-11(3)7-12/h5-8H,4,9H2,1-3H3,(H,16,21)(H,17,22). The van der Waals surface area contributed by atoms with E-state index in [1.54, 1.807) is 6.92 Å². The van der Waals surface area contributed by atoms with E-state index in [9.17, 15) is 9.59 Å². The van der Waals surface area contributed by atoms with Crippen LogP contribution in [0, 0.1) is 13.8 Å². The molecule has 0 aliphatic rings. The second kappa shape index (κ2) is 7.39. The average molecular weight is 317 g/mol. The molecule has 0 aliphatic heterocycles. The topological polar surface area (TPSA) is 98.1 Å². The smallest absolute Gasteiger partial charge is 0.412 e. The molecule has 0 unspecified atom stereocenters. The van der Waals surface area contributed by atoms with Crippen LogP contribution in [-0.4, -0.2) is 33.6 Å². The number of aryl methyl sites for hydroxylation is 2. The van der Waals surface area contributed by atoms with Crippen LogP contribution in [0.3, 0.4) is 0 Å². The molecule has 0 saturated carbocycles. The predicted molar refractivity (Wildman–Crippen MR) is 85.2 cm³/mol. The molecule has 2 amide bonds. The van der Waals surface area contributed by atoms with Crippen molar-refractivity contribution in [1.82, 2.24) is 15.0 Å². The third-order valence-corrected chi connectivity index (χ3v) is 2.86.